The first-order chi connectivity index (χ1) is 39.6. The second-order valence-corrected chi connectivity index (χ2v) is 21.2. The van der Waals surface area contributed by atoms with Gasteiger partial charge < -0.3 is 0 Å². The molecule has 2 heterocycles. The highest BCUT2D eigenvalue weighted by atomic mass is 14.6. The van der Waals surface area contributed by atoms with Gasteiger partial charge in [-0.25, -0.2) is 0 Å². The molecule has 0 amide bonds. The van der Waals surface area contributed by atoms with Gasteiger partial charge in [0.05, 0.1) is 0 Å². The van der Waals surface area contributed by atoms with Crippen LogP contribution in [-0.2, 0) is 0 Å². The lowest BCUT2D eigenvalue weighted by molar-refractivity contribution is 0.755. The SMILES string of the molecule is c1ccc(-c2cc(-c3cccc(-c4ccncc4)c3)cc(-c3ccccc3-c3ccc4c(c3)C3c5ccccc5C4c4cc(-c5ccccc5-c5cc(-c6ccccc6)cc(-c6cccc(-c7ccncc7)c6)c5)ccc43)c2)cc1. The van der Waals surface area contributed by atoms with Crippen molar-refractivity contribution in [1.29, 1.82) is 0 Å². The largest absolute Gasteiger partial charge is 0.265 e. The predicted octanol–water partition coefficient (Wildman–Crippen LogP) is 20.1. The lowest BCUT2D eigenvalue weighted by Crippen LogP contribution is -2.27. The fraction of sp³-hybridized carbons (Fsp3) is 0.0256. The van der Waals surface area contributed by atoms with Crippen LogP contribution in [0.4, 0.5) is 0 Å². The minimum absolute atomic E-state index is 0.103. The van der Waals surface area contributed by atoms with Crippen LogP contribution in [0, 0.1) is 0 Å². The first-order valence-electron chi connectivity index (χ1n) is 27.6. The van der Waals surface area contributed by atoms with Crippen molar-refractivity contribution in [2.24, 2.45) is 0 Å². The van der Waals surface area contributed by atoms with Crippen molar-refractivity contribution in [3.8, 4) is 111 Å². The van der Waals surface area contributed by atoms with Crippen LogP contribution in [0.1, 0.15) is 45.2 Å². The van der Waals surface area contributed by atoms with E-state index in [1.807, 2.05) is 24.8 Å². The van der Waals surface area contributed by atoms with Gasteiger partial charge in [0, 0.05) is 36.6 Å². The molecular weight excluding hydrogens is 965 g/mol. The third-order valence-electron chi connectivity index (χ3n) is 16.6. The molecule has 2 atom stereocenters. The first kappa shape index (κ1) is 47.0. The first-order valence-corrected chi connectivity index (χ1v) is 27.6. The summed E-state index contributed by atoms with van der Waals surface area (Å²) in [5, 5.41) is 0. The molecule has 0 spiro atoms. The highest BCUT2D eigenvalue weighted by Crippen LogP contribution is 2.57. The highest BCUT2D eigenvalue weighted by molar-refractivity contribution is 5.92. The van der Waals surface area contributed by atoms with Crippen molar-refractivity contribution in [1.82, 2.24) is 9.97 Å². The number of hydrogen-bond donors (Lipinski definition) is 0. The summed E-state index contributed by atoms with van der Waals surface area (Å²) < 4.78 is 0. The normalized spacial score (nSPS) is 13.8. The Balaban J connectivity index is 0.822. The number of hydrogen-bond acceptors (Lipinski definition) is 2. The van der Waals surface area contributed by atoms with Gasteiger partial charge in [-0.3, -0.25) is 9.97 Å². The molecule has 11 aromatic carbocycles. The summed E-state index contributed by atoms with van der Waals surface area (Å²) in [5.74, 6) is 0.206. The van der Waals surface area contributed by atoms with E-state index < -0.39 is 0 Å². The van der Waals surface area contributed by atoms with Gasteiger partial charge in [-0.05, 0) is 230 Å². The Morgan fingerprint density at radius 3 is 0.838 bits per heavy atom. The zero-order valence-electron chi connectivity index (χ0n) is 43.9. The molecule has 2 aromatic heterocycles. The van der Waals surface area contributed by atoms with E-state index in [0.29, 0.717) is 0 Å². The molecule has 2 heteroatoms. The van der Waals surface area contributed by atoms with Gasteiger partial charge in [0.25, 0.3) is 0 Å². The van der Waals surface area contributed by atoms with Gasteiger partial charge in [0.15, 0.2) is 0 Å². The van der Waals surface area contributed by atoms with Crippen LogP contribution in [0.3, 0.4) is 0 Å². The standard InChI is InChI=1S/C78H52N2/c1-3-15-51(16-4-1)61-43-63(57-21-13-19-55(41-57)53-33-37-79-38-34-53)47-65(45-61)69-25-9-7-23-67(69)59-29-31-73-75(49-59)77-71-27-11-12-28-72(71)78(73)76-50-60(30-32-74(76)77)68-24-8-10-26-70(68)66-46-62(52-17-5-2-6-18-52)44-64(48-66)58-22-14-20-56(42-58)54-35-39-80-40-36-54/h1-50,77-78H. The van der Waals surface area contributed by atoms with Gasteiger partial charge in [0.2, 0.25) is 0 Å². The molecule has 2 unspecified atom stereocenters. The number of benzene rings is 11. The molecule has 0 saturated carbocycles. The molecule has 2 bridgehead atoms. The Bertz CT molecular complexity index is 4180. The highest BCUT2D eigenvalue weighted by Gasteiger charge is 2.41. The molecule has 0 fully saturated rings. The molecule has 0 radical (unpaired) electrons. The molecule has 80 heavy (non-hydrogen) atoms. The van der Waals surface area contributed by atoms with E-state index in [4.69, 9.17) is 0 Å². The van der Waals surface area contributed by atoms with Crippen molar-refractivity contribution in [2.75, 3.05) is 0 Å². The van der Waals surface area contributed by atoms with Crippen molar-refractivity contribution in [2.45, 2.75) is 11.8 Å². The van der Waals surface area contributed by atoms with E-state index >= 15 is 0 Å². The summed E-state index contributed by atoms with van der Waals surface area (Å²) in [6, 6.07) is 104. The van der Waals surface area contributed by atoms with Crippen molar-refractivity contribution < 1.29 is 0 Å². The van der Waals surface area contributed by atoms with Crippen molar-refractivity contribution >= 4 is 0 Å². The predicted molar refractivity (Wildman–Crippen MR) is 331 cm³/mol. The van der Waals surface area contributed by atoms with Crippen LogP contribution in [0.25, 0.3) is 111 Å². The number of nitrogens with zero attached hydrogens (tertiary/aromatic N) is 2. The molecule has 0 aliphatic heterocycles. The lowest BCUT2D eigenvalue weighted by Gasteiger charge is -2.42. The fourth-order valence-corrected chi connectivity index (χ4v) is 12.9. The average Bonchev–Trinajstić information content (AvgIpc) is 3.66. The Morgan fingerprint density at radius 2 is 0.438 bits per heavy atom. The lowest BCUT2D eigenvalue weighted by atomic mass is 9.60. The van der Waals surface area contributed by atoms with Crippen LogP contribution in [0.15, 0.2) is 304 Å². The van der Waals surface area contributed by atoms with E-state index in [1.54, 1.807) is 0 Å². The second-order valence-electron chi connectivity index (χ2n) is 21.2. The fourth-order valence-electron chi connectivity index (χ4n) is 12.9. The Labute approximate surface area is 467 Å². The maximum atomic E-state index is 4.28. The summed E-state index contributed by atoms with van der Waals surface area (Å²) in [6.07, 6.45) is 7.45. The molecule has 13 aromatic rings. The Morgan fingerprint density at radius 1 is 0.163 bits per heavy atom. The van der Waals surface area contributed by atoms with Gasteiger partial charge in [-0.15, -0.1) is 0 Å². The molecule has 16 rings (SSSR count). The summed E-state index contributed by atoms with van der Waals surface area (Å²) in [5.41, 5.74) is 32.2. The topological polar surface area (TPSA) is 25.8 Å². The van der Waals surface area contributed by atoms with Crippen LogP contribution >= 0.6 is 0 Å². The smallest absolute Gasteiger partial charge is 0.0349 e. The zero-order valence-corrected chi connectivity index (χ0v) is 43.9. The van der Waals surface area contributed by atoms with Gasteiger partial charge in [-0.1, -0.05) is 194 Å². The van der Waals surface area contributed by atoms with E-state index in [-0.39, 0.29) is 11.8 Å². The average molecular weight is 1020 g/mol. The third-order valence-corrected chi connectivity index (χ3v) is 16.6. The number of aromatic nitrogens is 2. The van der Waals surface area contributed by atoms with Gasteiger partial charge >= 0.3 is 0 Å². The molecule has 3 aliphatic carbocycles. The van der Waals surface area contributed by atoms with E-state index in [0.717, 1.165) is 11.1 Å². The minimum atomic E-state index is 0.103. The van der Waals surface area contributed by atoms with Crippen molar-refractivity contribution in [3.05, 3.63) is 337 Å². The Kier molecular flexibility index (Phi) is 11.7. The maximum absolute atomic E-state index is 4.28. The summed E-state index contributed by atoms with van der Waals surface area (Å²) >= 11 is 0. The van der Waals surface area contributed by atoms with Gasteiger partial charge in [-0.2, -0.15) is 0 Å². The van der Waals surface area contributed by atoms with Crippen LogP contribution in [0.2, 0.25) is 0 Å². The van der Waals surface area contributed by atoms with Crippen LogP contribution < -0.4 is 0 Å². The zero-order chi connectivity index (χ0) is 52.9. The van der Waals surface area contributed by atoms with E-state index in [2.05, 4.69) is 289 Å². The molecule has 374 valence electrons. The summed E-state index contributed by atoms with van der Waals surface area (Å²) in [6.45, 7) is 0. The maximum Gasteiger partial charge on any atom is 0.0349 e. The minimum Gasteiger partial charge on any atom is -0.265 e. The van der Waals surface area contributed by atoms with E-state index in [9.17, 15) is 0 Å². The van der Waals surface area contributed by atoms with Crippen molar-refractivity contribution in [3.63, 3.8) is 0 Å². The number of pyridine rings is 2. The summed E-state index contributed by atoms with van der Waals surface area (Å²) in [7, 11) is 0. The second kappa shape index (κ2) is 19.9. The molecule has 3 aliphatic rings. The molecule has 2 nitrogen and oxygen atoms in total. The molecular formula is C78H52N2. The quantitative estimate of drug-likeness (QED) is 0.136. The monoisotopic (exact) mass is 1020 g/mol. The third kappa shape index (κ3) is 8.46. The molecule has 0 N–H and O–H groups in total. The van der Waals surface area contributed by atoms with Crippen LogP contribution in [0.5, 0.6) is 0 Å². The van der Waals surface area contributed by atoms with Crippen LogP contribution in [-0.4, -0.2) is 9.97 Å². The van der Waals surface area contributed by atoms with E-state index in [1.165, 1.54) is 134 Å². The Hall–Kier alpha value is -10.3. The summed E-state index contributed by atoms with van der Waals surface area (Å²) in [4.78, 5) is 8.56. The molecule has 0 saturated heterocycles. The van der Waals surface area contributed by atoms with Gasteiger partial charge in [0.1, 0.15) is 0 Å². The number of rotatable bonds is 10.